The molecule has 2 aromatic rings. The van der Waals surface area contributed by atoms with E-state index in [4.69, 9.17) is 0 Å². The molecule has 1 aromatic carbocycles. The quantitative estimate of drug-likeness (QED) is 0.699. The Morgan fingerprint density at radius 1 is 1.31 bits per heavy atom. The highest BCUT2D eigenvalue weighted by Crippen LogP contribution is 2.24. The van der Waals surface area contributed by atoms with Gasteiger partial charge in [0.2, 0.25) is 0 Å². The van der Waals surface area contributed by atoms with Crippen molar-refractivity contribution in [2.24, 2.45) is 7.05 Å². The summed E-state index contributed by atoms with van der Waals surface area (Å²) in [5.41, 5.74) is 0.561. The highest BCUT2D eigenvalue weighted by Gasteiger charge is 2.10. The lowest BCUT2D eigenvalue weighted by atomic mass is 10.2. The number of aromatic nitrogens is 2. The molecular weight excluding hydrogens is 242 g/mol. The normalized spacial score (nSPS) is 11.1. The van der Waals surface area contributed by atoms with E-state index in [9.17, 15) is 8.78 Å². The molecule has 5 heteroatoms. The Labute approximate surface area is 81.3 Å². The van der Waals surface area contributed by atoms with Crippen molar-refractivity contribution in [1.82, 2.24) is 9.78 Å². The van der Waals surface area contributed by atoms with Crippen molar-refractivity contribution in [3.8, 4) is 0 Å². The molecule has 0 radical (unpaired) electrons. The number of fused-ring (bicyclic) bond motifs is 1. The Morgan fingerprint density at radius 2 is 1.92 bits per heavy atom. The molecule has 0 fully saturated rings. The predicted octanol–water partition coefficient (Wildman–Crippen LogP) is 2.61. The lowest BCUT2D eigenvalue weighted by molar-refractivity contribution is 0.510. The SMILES string of the molecule is Cn1nc(Br)c2cc(F)c(F)cc21. The van der Waals surface area contributed by atoms with Crippen LogP contribution >= 0.6 is 15.9 Å². The van der Waals surface area contributed by atoms with Gasteiger partial charge in [0.15, 0.2) is 11.6 Å². The fraction of sp³-hybridized carbons (Fsp3) is 0.125. The summed E-state index contributed by atoms with van der Waals surface area (Å²) < 4.78 is 27.6. The van der Waals surface area contributed by atoms with Gasteiger partial charge in [0.1, 0.15) is 4.60 Å². The van der Waals surface area contributed by atoms with Crippen LogP contribution in [0.3, 0.4) is 0 Å². The van der Waals surface area contributed by atoms with E-state index in [-0.39, 0.29) is 0 Å². The van der Waals surface area contributed by atoms with Crippen LogP contribution in [-0.2, 0) is 7.05 Å². The number of hydrogen-bond acceptors (Lipinski definition) is 1. The third-order valence-corrected chi connectivity index (χ3v) is 2.43. The summed E-state index contributed by atoms with van der Waals surface area (Å²) in [5.74, 6) is -1.72. The lowest BCUT2D eigenvalue weighted by Gasteiger charge is -1.95. The zero-order chi connectivity index (χ0) is 9.59. The zero-order valence-electron chi connectivity index (χ0n) is 6.68. The summed E-state index contributed by atoms with van der Waals surface area (Å²) in [6, 6.07) is 2.25. The Morgan fingerprint density at radius 3 is 2.62 bits per heavy atom. The van der Waals surface area contributed by atoms with E-state index >= 15 is 0 Å². The van der Waals surface area contributed by atoms with Crippen LogP contribution in [0.4, 0.5) is 8.78 Å². The van der Waals surface area contributed by atoms with Gasteiger partial charge in [-0.2, -0.15) is 5.10 Å². The van der Waals surface area contributed by atoms with Crippen molar-refractivity contribution in [2.75, 3.05) is 0 Å². The predicted molar refractivity (Wildman–Crippen MR) is 48.3 cm³/mol. The summed E-state index contributed by atoms with van der Waals surface area (Å²) in [5, 5.41) is 4.54. The monoisotopic (exact) mass is 246 g/mol. The average Bonchev–Trinajstić information content (AvgIpc) is 2.31. The number of hydrogen-bond donors (Lipinski definition) is 0. The fourth-order valence-electron chi connectivity index (χ4n) is 1.21. The van der Waals surface area contributed by atoms with Crippen LogP contribution in [0.15, 0.2) is 16.7 Å². The van der Waals surface area contributed by atoms with Crippen molar-refractivity contribution in [3.05, 3.63) is 28.4 Å². The molecule has 0 amide bonds. The number of rotatable bonds is 0. The summed E-state index contributed by atoms with van der Waals surface area (Å²) in [4.78, 5) is 0. The third-order valence-electron chi connectivity index (χ3n) is 1.85. The summed E-state index contributed by atoms with van der Waals surface area (Å²) >= 11 is 3.16. The first kappa shape index (κ1) is 8.62. The molecule has 0 saturated heterocycles. The molecule has 0 aliphatic carbocycles. The van der Waals surface area contributed by atoms with Gasteiger partial charge in [-0.1, -0.05) is 0 Å². The Bertz CT molecular complexity index is 436. The molecule has 0 bridgehead atoms. The largest absolute Gasteiger partial charge is 0.267 e. The maximum absolute atomic E-state index is 12.8. The van der Waals surface area contributed by atoms with Gasteiger partial charge in [-0.05, 0) is 22.0 Å². The van der Waals surface area contributed by atoms with E-state index in [1.165, 1.54) is 4.68 Å². The van der Waals surface area contributed by atoms with Crippen LogP contribution in [0.2, 0.25) is 0 Å². The minimum Gasteiger partial charge on any atom is -0.267 e. The minimum absolute atomic E-state index is 0.518. The second-order valence-electron chi connectivity index (χ2n) is 2.70. The molecule has 0 spiro atoms. The van der Waals surface area contributed by atoms with E-state index in [0.29, 0.717) is 15.5 Å². The molecule has 1 heterocycles. The van der Waals surface area contributed by atoms with Crippen LogP contribution < -0.4 is 0 Å². The zero-order valence-corrected chi connectivity index (χ0v) is 8.27. The molecule has 0 saturated carbocycles. The maximum atomic E-state index is 12.8. The van der Waals surface area contributed by atoms with Crippen molar-refractivity contribution < 1.29 is 8.78 Å². The van der Waals surface area contributed by atoms with Gasteiger partial charge in [-0.3, -0.25) is 4.68 Å². The van der Waals surface area contributed by atoms with Crippen LogP contribution in [0.5, 0.6) is 0 Å². The summed E-state index contributed by atoms with van der Waals surface area (Å²) in [6.45, 7) is 0. The standard InChI is InChI=1S/C8H5BrF2N2/c1-13-7-3-6(11)5(10)2-4(7)8(9)12-13/h2-3H,1H3. The van der Waals surface area contributed by atoms with Gasteiger partial charge in [-0.15, -0.1) is 0 Å². The smallest absolute Gasteiger partial charge is 0.161 e. The fourth-order valence-corrected chi connectivity index (χ4v) is 1.76. The minimum atomic E-state index is -0.860. The number of halogens is 3. The summed E-state index contributed by atoms with van der Waals surface area (Å²) in [6.07, 6.45) is 0. The van der Waals surface area contributed by atoms with Crippen LogP contribution in [-0.4, -0.2) is 9.78 Å². The molecule has 1 aromatic heterocycles. The van der Waals surface area contributed by atoms with Crippen molar-refractivity contribution in [3.63, 3.8) is 0 Å². The molecule has 0 aliphatic heterocycles. The van der Waals surface area contributed by atoms with E-state index in [2.05, 4.69) is 21.0 Å². The lowest BCUT2D eigenvalue weighted by Crippen LogP contribution is -1.90. The van der Waals surface area contributed by atoms with Gasteiger partial charge in [0, 0.05) is 18.5 Å². The molecule has 13 heavy (non-hydrogen) atoms. The maximum Gasteiger partial charge on any atom is 0.161 e. The highest BCUT2D eigenvalue weighted by molar-refractivity contribution is 9.10. The Kier molecular flexibility index (Phi) is 1.83. The summed E-state index contributed by atoms with van der Waals surface area (Å²) in [7, 11) is 1.67. The van der Waals surface area contributed by atoms with Gasteiger partial charge in [0.05, 0.1) is 5.52 Å². The van der Waals surface area contributed by atoms with Gasteiger partial charge >= 0.3 is 0 Å². The number of benzene rings is 1. The first-order valence-corrected chi connectivity index (χ1v) is 4.36. The van der Waals surface area contributed by atoms with E-state index in [0.717, 1.165) is 12.1 Å². The van der Waals surface area contributed by atoms with E-state index < -0.39 is 11.6 Å². The van der Waals surface area contributed by atoms with Gasteiger partial charge in [0.25, 0.3) is 0 Å². The molecule has 0 atom stereocenters. The van der Waals surface area contributed by atoms with Crippen molar-refractivity contribution in [2.45, 2.75) is 0 Å². The molecule has 2 nitrogen and oxygen atoms in total. The van der Waals surface area contributed by atoms with Gasteiger partial charge < -0.3 is 0 Å². The molecule has 0 N–H and O–H groups in total. The van der Waals surface area contributed by atoms with Gasteiger partial charge in [-0.25, -0.2) is 8.78 Å². The number of aryl methyl sites for hydroxylation is 1. The molecule has 68 valence electrons. The Balaban J connectivity index is 2.91. The molecule has 0 unspecified atom stereocenters. The Hall–Kier alpha value is -0.970. The molecule has 0 aliphatic rings. The van der Waals surface area contributed by atoms with E-state index in [1.807, 2.05) is 0 Å². The second-order valence-corrected chi connectivity index (χ2v) is 3.45. The topological polar surface area (TPSA) is 17.8 Å². The first-order valence-electron chi connectivity index (χ1n) is 3.57. The molecule has 2 rings (SSSR count). The van der Waals surface area contributed by atoms with Crippen LogP contribution in [0.25, 0.3) is 10.9 Å². The highest BCUT2D eigenvalue weighted by atomic mass is 79.9. The van der Waals surface area contributed by atoms with Crippen LogP contribution in [0.1, 0.15) is 0 Å². The second kappa shape index (κ2) is 2.77. The van der Waals surface area contributed by atoms with Crippen molar-refractivity contribution in [1.29, 1.82) is 0 Å². The number of nitrogens with zero attached hydrogens (tertiary/aromatic N) is 2. The van der Waals surface area contributed by atoms with E-state index in [1.54, 1.807) is 7.05 Å². The van der Waals surface area contributed by atoms with Crippen LogP contribution in [0, 0.1) is 11.6 Å². The first-order chi connectivity index (χ1) is 6.09. The molecular formula is C8H5BrF2N2. The third kappa shape index (κ3) is 1.23. The van der Waals surface area contributed by atoms with Crippen molar-refractivity contribution >= 4 is 26.8 Å². The average molecular weight is 247 g/mol.